The van der Waals surface area contributed by atoms with Crippen molar-refractivity contribution >= 4 is 23.1 Å². The van der Waals surface area contributed by atoms with Gasteiger partial charge in [0.2, 0.25) is 0 Å². The molecule has 1 amide bonds. The van der Waals surface area contributed by atoms with Gasteiger partial charge in [-0.2, -0.15) is 0 Å². The first kappa shape index (κ1) is 12.4. The molecule has 0 bridgehead atoms. The largest absolute Gasteiger partial charge is 0.381 e. The summed E-state index contributed by atoms with van der Waals surface area (Å²) in [5, 5.41) is 3.35. The Balaban J connectivity index is 2.06. The average molecular weight is 266 g/mol. The van der Waals surface area contributed by atoms with E-state index in [2.05, 4.69) is 15.3 Å². The van der Waals surface area contributed by atoms with Gasteiger partial charge >= 0.3 is 0 Å². The highest BCUT2D eigenvalue weighted by Gasteiger charge is 2.14. The normalized spacial score (nSPS) is 10.3. The first-order valence-corrected chi connectivity index (χ1v) is 5.99. The topological polar surface area (TPSA) is 80.9 Å². The number of hydrogen-bond donors (Lipinski definition) is 2. The molecule has 2 aromatic heterocycles. The SMILES string of the molecule is Cc1cnc(CNC(=O)c2ccnc(N)c2F)s1. The average Bonchev–Trinajstić information content (AvgIpc) is 2.76. The number of aromatic nitrogens is 2. The maximum absolute atomic E-state index is 13.5. The number of halogens is 1. The lowest BCUT2D eigenvalue weighted by atomic mass is 10.2. The number of nitrogens with zero attached hydrogens (tertiary/aromatic N) is 2. The van der Waals surface area contributed by atoms with Crippen LogP contribution in [0.2, 0.25) is 0 Å². The fourth-order valence-corrected chi connectivity index (χ4v) is 2.10. The van der Waals surface area contributed by atoms with Gasteiger partial charge in [0.25, 0.3) is 5.91 Å². The van der Waals surface area contributed by atoms with Crippen LogP contribution in [0.25, 0.3) is 0 Å². The highest BCUT2D eigenvalue weighted by molar-refractivity contribution is 7.11. The van der Waals surface area contributed by atoms with E-state index in [4.69, 9.17) is 5.73 Å². The van der Waals surface area contributed by atoms with Crippen molar-refractivity contribution in [2.24, 2.45) is 0 Å². The minimum absolute atomic E-state index is 0.115. The molecule has 2 rings (SSSR count). The van der Waals surface area contributed by atoms with Crippen LogP contribution in [0.4, 0.5) is 10.2 Å². The Bertz CT molecular complexity index is 584. The highest BCUT2D eigenvalue weighted by Crippen LogP contribution is 2.13. The van der Waals surface area contributed by atoms with E-state index in [1.54, 1.807) is 6.20 Å². The number of pyridine rings is 1. The Labute approximate surface area is 107 Å². The molecule has 0 saturated carbocycles. The molecule has 0 atom stereocenters. The zero-order chi connectivity index (χ0) is 13.1. The lowest BCUT2D eigenvalue weighted by molar-refractivity contribution is 0.0947. The van der Waals surface area contributed by atoms with Gasteiger partial charge in [0.1, 0.15) is 5.01 Å². The number of anilines is 1. The summed E-state index contributed by atoms with van der Waals surface area (Å²) in [6.45, 7) is 2.19. The van der Waals surface area contributed by atoms with E-state index >= 15 is 0 Å². The fourth-order valence-electron chi connectivity index (χ4n) is 1.37. The minimum Gasteiger partial charge on any atom is -0.381 e. The summed E-state index contributed by atoms with van der Waals surface area (Å²) in [7, 11) is 0. The van der Waals surface area contributed by atoms with Gasteiger partial charge in [0.15, 0.2) is 11.6 Å². The van der Waals surface area contributed by atoms with E-state index in [1.807, 2.05) is 6.92 Å². The van der Waals surface area contributed by atoms with Crippen molar-refractivity contribution in [1.82, 2.24) is 15.3 Å². The summed E-state index contributed by atoms with van der Waals surface area (Å²) in [6.07, 6.45) is 3.01. The first-order valence-electron chi connectivity index (χ1n) is 5.17. The number of aryl methyl sites for hydroxylation is 1. The molecule has 3 N–H and O–H groups in total. The van der Waals surface area contributed by atoms with Crippen molar-refractivity contribution < 1.29 is 9.18 Å². The van der Waals surface area contributed by atoms with Crippen molar-refractivity contribution in [3.63, 3.8) is 0 Å². The van der Waals surface area contributed by atoms with Crippen LogP contribution in [0.1, 0.15) is 20.2 Å². The third-order valence-electron chi connectivity index (χ3n) is 2.23. The second kappa shape index (κ2) is 5.09. The van der Waals surface area contributed by atoms with Crippen LogP contribution in [0.5, 0.6) is 0 Å². The predicted molar refractivity (Wildman–Crippen MR) is 66.6 cm³/mol. The lowest BCUT2D eigenvalue weighted by Crippen LogP contribution is -2.24. The molecule has 18 heavy (non-hydrogen) atoms. The van der Waals surface area contributed by atoms with E-state index in [1.165, 1.54) is 23.6 Å². The quantitative estimate of drug-likeness (QED) is 0.882. The molecule has 0 aliphatic carbocycles. The second-order valence-electron chi connectivity index (χ2n) is 3.61. The smallest absolute Gasteiger partial charge is 0.254 e. The summed E-state index contributed by atoms with van der Waals surface area (Å²) in [6, 6.07) is 1.29. The Hall–Kier alpha value is -2.02. The second-order valence-corrected chi connectivity index (χ2v) is 4.92. The van der Waals surface area contributed by atoms with E-state index in [9.17, 15) is 9.18 Å². The molecule has 2 heterocycles. The van der Waals surface area contributed by atoms with Crippen LogP contribution in [0, 0.1) is 12.7 Å². The number of rotatable bonds is 3. The Morgan fingerprint density at radius 2 is 2.33 bits per heavy atom. The highest BCUT2D eigenvalue weighted by atomic mass is 32.1. The van der Waals surface area contributed by atoms with E-state index in [0.29, 0.717) is 0 Å². The third-order valence-corrected chi connectivity index (χ3v) is 3.14. The van der Waals surface area contributed by atoms with Crippen molar-refractivity contribution in [2.45, 2.75) is 13.5 Å². The summed E-state index contributed by atoms with van der Waals surface area (Å²) in [5.74, 6) is -1.62. The van der Waals surface area contributed by atoms with Crippen molar-refractivity contribution in [1.29, 1.82) is 0 Å². The molecule has 0 aliphatic heterocycles. The van der Waals surface area contributed by atoms with Crippen molar-refractivity contribution in [3.05, 3.63) is 39.7 Å². The zero-order valence-corrected chi connectivity index (χ0v) is 10.4. The van der Waals surface area contributed by atoms with E-state index < -0.39 is 11.7 Å². The lowest BCUT2D eigenvalue weighted by Gasteiger charge is -2.05. The predicted octanol–water partition coefficient (Wildman–Crippen LogP) is 1.50. The van der Waals surface area contributed by atoms with Gasteiger partial charge < -0.3 is 11.1 Å². The Morgan fingerprint density at radius 3 is 3.00 bits per heavy atom. The molecule has 0 radical (unpaired) electrons. The zero-order valence-electron chi connectivity index (χ0n) is 9.61. The molecule has 7 heteroatoms. The maximum Gasteiger partial charge on any atom is 0.254 e. The first-order chi connectivity index (χ1) is 8.58. The molecule has 0 unspecified atom stereocenters. The van der Waals surface area contributed by atoms with Crippen LogP contribution in [0.3, 0.4) is 0 Å². The third kappa shape index (κ3) is 2.62. The van der Waals surface area contributed by atoms with Gasteiger partial charge in [-0.25, -0.2) is 14.4 Å². The Morgan fingerprint density at radius 1 is 1.56 bits per heavy atom. The fraction of sp³-hybridized carbons (Fsp3) is 0.182. The van der Waals surface area contributed by atoms with Crippen LogP contribution in [0.15, 0.2) is 18.5 Å². The van der Waals surface area contributed by atoms with E-state index in [-0.39, 0.29) is 17.9 Å². The maximum atomic E-state index is 13.5. The molecular formula is C11H11FN4OS. The summed E-state index contributed by atoms with van der Waals surface area (Å²) in [4.78, 5) is 20.4. The molecule has 2 aromatic rings. The number of nitrogens with one attached hydrogen (secondary N) is 1. The molecule has 0 aliphatic rings. The number of carbonyl (C=O) groups is 1. The summed E-state index contributed by atoms with van der Waals surface area (Å²) < 4.78 is 13.5. The molecule has 0 aromatic carbocycles. The molecular weight excluding hydrogens is 255 g/mol. The van der Waals surface area contributed by atoms with Crippen molar-refractivity contribution in [3.8, 4) is 0 Å². The summed E-state index contributed by atoms with van der Waals surface area (Å²) >= 11 is 1.48. The number of hydrogen-bond acceptors (Lipinski definition) is 5. The number of carbonyl (C=O) groups excluding carboxylic acids is 1. The number of amides is 1. The molecule has 94 valence electrons. The number of nitrogen functional groups attached to an aromatic ring is 1. The van der Waals surface area contributed by atoms with Gasteiger partial charge in [0.05, 0.1) is 12.1 Å². The van der Waals surface area contributed by atoms with Gasteiger partial charge in [-0.3, -0.25) is 4.79 Å². The standard InChI is InChI=1S/C11H11FN4OS/c1-6-4-15-8(18-6)5-16-11(17)7-2-3-14-10(13)9(7)12/h2-4H,5H2,1H3,(H2,13,14)(H,16,17). The van der Waals surface area contributed by atoms with Crippen LogP contribution in [-0.4, -0.2) is 15.9 Å². The Kier molecular flexibility index (Phi) is 3.52. The van der Waals surface area contributed by atoms with E-state index in [0.717, 1.165) is 9.88 Å². The number of nitrogens with two attached hydrogens (primary N) is 1. The molecule has 0 fully saturated rings. The van der Waals surface area contributed by atoms with Gasteiger partial charge in [-0.1, -0.05) is 0 Å². The minimum atomic E-state index is -0.801. The monoisotopic (exact) mass is 266 g/mol. The van der Waals surface area contributed by atoms with Crippen LogP contribution >= 0.6 is 11.3 Å². The van der Waals surface area contributed by atoms with Crippen LogP contribution in [-0.2, 0) is 6.54 Å². The number of thiazole rings is 1. The van der Waals surface area contributed by atoms with Crippen LogP contribution < -0.4 is 11.1 Å². The van der Waals surface area contributed by atoms with Gasteiger partial charge in [-0.15, -0.1) is 11.3 Å². The summed E-state index contributed by atoms with van der Waals surface area (Å²) in [5.41, 5.74) is 5.18. The molecule has 5 nitrogen and oxygen atoms in total. The van der Waals surface area contributed by atoms with Crippen molar-refractivity contribution in [2.75, 3.05) is 5.73 Å². The van der Waals surface area contributed by atoms with Gasteiger partial charge in [0, 0.05) is 17.3 Å². The molecule has 0 spiro atoms. The van der Waals surface area contributed by atoms with Gasteiger partial charge in [-0.05, 0) is 13.0 Å². The molecule has 0 saturated heterocycles.